The number of aliphatic hydroxyl groups is 1. The van der Waals surface area contributed by atoms with E-state index in [9.17, 15) is 14.7 Å². The summed E-state index contributed by atoms with van der Waals surface area (Å²) in [5.74, 6) is 1.03. The van der Waals surface area contributed by atoms with Gasteiger partial charge in [-0.15, -0.1) is 0 Å². The molecule has 2 aromatic heterocycles. The summed E-state index contributed by atoms with van der Waals surface area (Å²) in [6, 6.07) is 32.6. The maximum Gasteiger partial charge on any atom is 0.280 e. The van der Waals surface area contributed by atoms with E-state index in [1.807, 2.05) is 103 Å². The lowest BCUT2D eigenvalue weighted by Gasteiger charge is -2.37. The van der Waals surface area contributed by atoms with Crippen molar-refractivity contribution in [3.05, 3.63) is 147 Å². The summed E-state index contributed by atoms with van der Waals surface area (Å²) in [5, 5.41) is 14.0. The van der Waals surface area contributed by atoms with Crippen molar-refractivity contribution in [1.82, 2.24) is 24.4 Å². The molecule has 0 aliphatic carbocycles. The van der Waals surface area contributed by atoms with Gasteiger partial charge in [0.25, 0.3) is 5.56 Å². The van der Waals surface area contributed by atoms with Gasteiger partial charge < -0.3 is 33.8 Å². The van der Waals surface area contributed by atoms with Crippen molar-refractivity contribution in [2.75, 3.05) is 45.8 Å². The van der Waals surface area contributed by atoms with Gasteiger partial charge in [0.05, 0.1) is 39.7 Å². The Hall–Kier alpha value is -5.19. The Kier molecular flexibility index (Phi) is 18.0. The number of methoxy groups -OCH3 is 2. The number of aromatic amines is 1. The molecular formula is C45H54BrN6O9P. The second kappa shape index (κ2) is 23.3. The number of nitrogens with zero attached hydrogens (tertiary/aromatic N) is 4. The maximum atomic E-state index is 13.0. The molecule has 1 fully saturated rings. The van der Waals surface area contributed by atoms with Crippen LogP contribution in [0.5, 0.6) is 11.5 Å². The zero-order valence-electron chi connectivity index (χ0n) is 35.4. The molecule has 1 unspecified atom stereocenters. The number of carbonyl (C=O) groups is 1. The van der Waals surface area contributed by atoms with Crippen molar-refractivity contribution in [3.8, 4) is 11.5 Å². The van der Waals surface area contributed by atoms with Crippen LogP contribution in [0.15, 0.2) is 119 Å². The van der Waals surface area contributed by atoms with Crippen LogP contribution in [0, 0.1) is 0 Å². The number of aliphatic hydroxyl groups excluding tert-OH is 1. The largest absolute Gasteiger partial charge is 0.497 e. The van der Waals surface area contributed by atoms with Gasteiger partial charge in [-0.05, 0) is 78.3 Å². The molecular weight excluding hydrogens is 879 g/mol. The zero-order valence-corrected chi connectivity index (χ0v) is 38.1. The lowest BCUT2D eigenvalue weighted by molar-refractivity contribution is -0.115. The molecule has 3 heterocycles. The van der Waals surface area contributed by atoms with Crippen molar-refractivity contribution in [3.63, 3.8) is 0 Å². The van der Waals surface area contributed by atoms with Crippen LogP contribution < -0.4 is 20.3 Å². The Morgan fingerprint density at radius 1 is 0.919 bits per heavy atom. The van der Waals surface area contributed by atoms with E-state index >= 15 is 0 Å². The Balaban J connectivity index is 0.000000654. The lowest BCUT2D eigenvalue weighted by atomic mass is 9.80. The Labute approximate surface area is 370 Å². The van der Waals surface area contributed by atoms with Gasteiger partial charge in [0, 0.05) is 10.9 Å². The van der Waals surface area contributed by atoms with Crippen LogP contribution >= 0.6 is 24.6 Å². The van der Waals surface area contributed by atoms with E-state index in [4.69, 9.17) is 28.4 Å². The van der Waals surface area contributed by atoms with Gasteiger partial charge in [-0.3, -0.25) is 29.0 Å². The molecule has 15 nitrogen and oxygen atoms in total. The number of hydrogen-bond donors (Lipinski definition) is 4. The highest BCUT2D eigenvalue weighted by molar-refractivity contribution is 9.10. The van der Waals surface area contributed by atoms with E-state index in [-0.39, 0.29) is 42.5 Å². The molecule has 0 spiro atoms. The van der Waals surface area contributed by atoms with Crippen LogP contribution in [0.1, 0.15) is 55.7 Å². The number of hydrogen-bond acceptors (Lipinski definition) is 11. The van der Waals surface area contributed by atoms with E-state index in [0.717, 1.165) is 26.7 Å². The van der Waals surface area contributed by atoms with E-state index < -0.39 is 38.3 Å². The van der Waals surface area contributed by atoms with Crippen molar-refractivity contribution >= 4 is 47.6 Å². The zero-order chi connectivity index (χ0) is 44.6. The van der Waals surface area contributed by atoms with E-state index in [1.54, 1.807) is 18.8 Å². The Bertz CT molecular complexity index is 2330. The molecule has 62 heavy (non-hydrogen) atoms. The number of fused-ring (bicyclic) bond motifs is 1. The molecule has 4 atom stereocenters. The fraction of sp³-hybridized carbons (Fsp3) is 0.333. The number of carbonyl (C=O) groups excluding carboxylic acids is 1. The van der Waals surface area contributed by atoms with Gasteiger partial charge in [-0.25, -0.2) is 4.98 Å². The summed E-state index contributed by atoms with van der Waals surface area (Å²) in [4.78, 5) is 46.6. The van der Waals surface area contributed by atoms with E-state index in [1.165, 1.54) is 26.0 Å². The molecule has 7 rings (SSSR count). The number of amides is 1. The quantitative estimate of drug-likeness (QED) is 0.0628. The number of H-pyrrole nitrogens is 1. The molecule has 0 radical (unpaired) electrons. The first-order valence-corrected chi connectivity index (χ1v) is 21.9. The minimum Gasteiger partial charge on any atom is -0.497 e. The third-order valence-corrected chi connectivity index (χ3v) is 11.0. The number of anilines is 1. The van der Waals surface area contributed by atoms with Crippen LogP contribution in [0.3, 0.4) is 0 Å². The predicted molar refractivity (Wildman–Crippen MR) is 243 cm³/mol. The van der Waals surface area contributed by atoms with Crippen molar-refractivity contribution in [2.45, 2.75) is 57.6 Å². The van der Waals surface area contributed by atoms with Crippen LogP contribution in [-0.2, 0) is 30.9 Å². The summed E-state index contributed by atoms with van der Waals surface area (Å²) in [6.07, 6.45) is -0.677. The molecule has 0 bridgehead atoms. The molecule has 0 saturated carbocycles. The standard InChI is InChI=1S/C39H36BrN5O7.C6H15N.H3O2P/c1-49-29-16-10-26(11-17-29)39(25-6-4-3-5-7-25,27-12-18-30(50-2)19-13-27)51-22-32-31(46)21-34(52-32)45-23-41-35-36(45)43-38(44-37(35)48)42-33(47)20-24-8-14-28(40)15-9-24;1-4-7(5-2)6-3;1-3-2/h3-19,23,31-32,34,46H,20-22H2,1-2H3,(H2,42,43,44,47,48);4-6H2,1-3H3;3H2,(H,1,2)/t31-,32+,34+;;/m0../s1. The highest BCUT2D eigenvalue weighted by Gasteiger charge is 2.42. The molecule has 1 saturated heterocycles. The first-order chi connectivity index (χ1) is 30.0. The van der Waals surface area contributed by atoms with Gasteiger partial charge in [-0.2, -0.15) is 4.98 Å². The van der Waals surface area contributed by atoms with Crippen molar-refractivity contribution in [2.24, 2.45) is 0 Å². The minimum atomic E-state index is -1.50. The molecule has 6 aromatic rings. The van der Waals surface area contributed by atoms with Crippen molar-refractivity contribution in [1.29, 1.82) is 0 Å². The summed E-state index contributed by atoms with van der Waals surface area (Å²) >= 11 is 3.39. The van der Waals surface area contributed by atoms with E-state index in [0.29, 0.717) is 11.5 Å². The number of nitrogens with one attached hydrogen (secondary N) is 2. The molecule has 1 aliphatic heterocycles. The highest BCUT2D eigenvalue weighted by Crippen LogP contribution is 2.43. The van der Waals surface area contributed by atoms with Gasteiger partial charge >= 0.3 is 0 Å². The van der Waals surface area contributed by atoms with Crippen LogP contribution in [0.2, 0.25) is 0 Å². The second-order valence-corrected chi connectivity index (χ2v) is 15.2. The summed E-state index contributed by atoms with van der Waals surface area (Å²) in [5.41, 5.74) is 2.00. The first-order valence-electron chi connectivity index (χ1n) is 20.2. The predicted octanol–water partition coefficient (Wildman–Crippen LogP) is 6.74. The SMILES string of the molecule is CCN(CC)CC.COc1ccc(C(OC[C@H]2O[C@@H](n3cnc4c(=O)[nH]c(NC(=O)Cc5ccc(Br)cc5)nc43)C[C@@H]2O)(c2ccccc2)c2ccc(OC)cc2)cc1.O=[PH2]O. The molecule has 4 aromatic carbocycles. The number of halogens is 1. The topological polar surface area (TPSA) is 190 Å². The number of rotatable bonds is 15. The van der Waals surface area contributed by atoms with Crippen LogP contribution in [-0.4, -0.2) is 93.0 Å². The number of aromatic nitrogens is 4. The number of benzene rings is 4. The third kappa shape index (κ3) is 11.8. The number of imidazole rings is 1. The van der Waals surface area contributed by atoms with Gasteiger partial charge in [0.2, 0.25) is 11.9 Å². The lowest BCUT2D eigenvalue weighted by Crippen LogP contribution is -2.38. The molecule has 1 amide bonds. The Morgan fingerprint density at radius 2 is 1.47 bits per heavy atom. The summed E-state index contributed by atoms with van der Waals surface area (Å²) in [6.45, 7) is 10.1. The summed E-state index contributed by atoms with van der Waals surface area (Å²) < 4.78 is 35.4. The van der Waals surface area contributed by atoms with Crippen molar-refractivity contribution < 1.29 is 38.3 Å². The monoisotopic (exact) mass is 932 g/mol. The second-order valence-electron chi connectivity index (χ2n) is 14.1. The minimum absolute atomic E-state index is 0.00260. The molecule has 330 valence electrons. The van der Waals surface area contributed by atoms with E-state index in [2.05, 4.69) is 61.9 Å². The smallest absolute Gasteiger partial charge is 0.280 e. The van der Waals surface area contributed by atoms with Crippen LogP contribution in [0.25, 0.3) is 11.2 Å². The highest BCUT2D eigenvalue weighted by atomic mass is 79.9. The third-order valence-electron chi connectivity index (χ3n) is 10.5. The summed E-state index contributed by atoms with van der Waals surface area (Å²) in [7, 11) is 1.73. The van der Waals surface area contributed by atoms with Gasteiger partial charge in [0.1, 0.15) is 29.4 Å². The maximum absolute atomic E-state index is 13.0. The number of ether oxygens (including phenoxy) is 4. The normalized spacial score (nSPS) is 16.1. The average Bonchev–Trinajstić information content (AvgIpc) is 3.89. The van der Waals surface area contributed by atoms with Gasteiger partial charge in [0.15, 0.2) is 19.9 Å². The van der Waals surface area contributed by atoms with Crippen LogP contribution in [0.4, 0.5) is 5.95 Å². The molecule has 17 heteroatoms. The fourth-order valence-electron chi connectivity index (χ4n) is 7.15. The molecule has 4 N–H and O–H groups in total. The average molecular weight is 934 g/mol. The first kappa shape index (κ1) is 47.9. The van der Waals surface area contributed by atoms with Gasteiger partial charge in [-0.1, -0.05) is 103 Å². The Morgan fingerprint density at radius 3 is 1.98 bits per heavy atom. The fourth-order valence-corrected chi connectivity index (χ4v) is 7.41. The molecule has 1 aliphatic rings.